The molecule has 40 heavy (non-hydrogen) atoms. The fraction of sp³-hybridized carbons (Fsp3) is 0.567. The van der Waals surface area contributed by atoms with Crippen LogP contribution in [-0.4, -0.2) is 79.3 Å². The Morgan fingerprint density at radius 1 is 1.18 bits per heavy atom. The zero-order valence-electron chi connectivity index (χ0n) is 24.4. The lowest BCUT2D eigenvalue weighted by Crippen LogP contribution is -2.70. The zero-order chi connectivity index (χ0) is 28.6. The average molecular weight is 582 g/mol. The summed E-state index contributed by atoms with van der Waals surface area (Å²) >= 11 is 12.6. The number of thiocarbonyl (C=S) groups is 1. The van der Waals surface area contributed by atoms with Gasteiger partial charge in [-0.05, 0) is 78.7 Å². The minimum absolute atomic E-state index is 0.254. The third-order valence-corrected chi connectivity index (χ3v) is 9.80. The van der Waals surface area contributed by atoms with E-state index in [1.165, 1.54) is 0 Å². The third-order valence-electron chi connectivity index (χ3n) is 9.17. The number of fused-ring (bicyclic) bond motifs is 1. The minimum Gasteiger partial charge on any atom is -0.465 e. The summed E-state index contributed by atoms with van der Waals surface area (Å²) in [5.74, 6) is 1.01. The fourth-order valence-electron chi connectivity index (χ4n) is 6.81. The van der Waals surface area contributed by atoms with E-state index < -0.39 is 0 Å². The van der Waals surface area contributed by atoms with Crippen molar-refractivity contribution in [1.82, 2.24) is 29.8 Å². The molecule has 1 atom stereocenters. The van der Waals surface area contributed by atoms with Gasteiger partial charge in [-0.1, -0.05) is 18.2 Å². The smallest absolute Gasteiger partial charge is 0.260 e. The van der Waals surface area contributed by atoms with Gasteiger partial charge in [0.2, 0.25) is 0 Å². The molecule has 1 spiro atoms. The summed E-state index contributed by atoms with van der Waals surface area (Å²) in [5.41, 5.74) is 5.34. The number of ether oxygens (including phenoxy) is 1. The molecule has 1 saturated carbocycles. The van der Waals surface area contributed by atoms with Gasteiger partial charge in [-0.3, -0.25) is 9.78 Å². The van der Waals surface area contributed by atoms with Crippen molar-refractivity contribution < 1.29 is 4.74 Å². The first kappa shape index (κ1) is 27.4. The van der Waals surface area contributed by atoms with Gasteiger partial charge in [0.05, 0.1) is 17.8 Å². The molecular weight excluding hydrogens is 542 g/mol. The van der Waals surface area contributed by atoms with Crippen molar-refractivity contribution in [2.75, 3.05) is 37.6 Å². The monoisotopic (exact) mass is 581 g/mol. The predicted octanol–water partition coefficient (Wildman–Crippen LogP) is 6.17. The van der Waals surface area contributed by atoms with Crippen LogP contribution in [0.15, 0.2) is 30.6 Å². The van der Waals surface area contributed by atoms with E-state index in [9.17, 15) is 0 Å². The number of rotatable bonds is 4. The van der Waals surface area contributed by atoms with Gasteiger partial charge in [0, 0.05) is 77.1 Å². The molecule has 2 saturated heterocycles. The Morgan fingerprint density at radius 2 is 1.88 bits per heavy atom. The molecule has 214 valence electrons. The van der Waals surface area contributed by atoms with E-state index in [1.54, 1.807) is 0 Å². The lowest BCUT2D eigenvalue weighted by Gasteiger charge is -2.64. The number of hydrogen-bond donors (Lipinski definition) is 1. The Bertz CT molecular complexity index is 1470. The number of aromatic amines is 1. The van der Waals surface area contributed by atoms with Gasteiger partial charge in [0.15, 0.2) is 5.82 Å². The van der Waals surface area contributed by atoms with Gasteiger partial charge < -0.3 is 19.4 Å². The van der Waals surface area contributed by atoms with Crippen LogP contribution in [0.1, 0.15) is 59.2 Å². The molecule has 3 aromatic rings. The number of anilines is 1. The molecule has 8 nitrogen and oxygen atoms in total. The first-order valence-corrected chi connectivity index (χ1v) is 15.0. The van der Waals surface area contributed by atoms with E-state index in [0.717, 1.165) is 89.8 Å². The number of aromatic nitrogens is 4. The van der Waals surface area contributed by atoms with E-state index >= 15 is 0 Å². The Labute approximate surface area is 247 Å². The van der Waals surface area contributed by atoms with Gasteiger partial charge in [-0.15, -0.1) is 0 Å². The molecule has 1 unspecified atom stereocenters. The van der Waals surface area contributed by atoms with Crippen LogP contribution in [0.25, 0.3) is 22.0 Å². The van der Waals surface area contributed by atoms with Gasteiger partial charge in [-0.2, -0.15) is 10.2 Å². The molecule has 3 aliphatic rings. The molecule has 0 radical (unpaired) electrons. The Morgan fingerprint density at radius 3 is 2.50 bits per heavy atom. The molecular formula is C30H40ClN7OS. The molecule has 2 aliphatic heterocycles. The molecule has 1 aliphatic carbocycles. The Hall–Kier alpha value is -2.78. The maximum atomic E-state index is 6.92. The molecule has 3 fully saturated rings. The van der Waals surface area contributed by atoms with E-state index in [0.29, 0.717) is 17.3 Å². The van der Waals surface area contributed by atoms with E-state index in [-0.39, 0.29) is 11.0 Å². The topological polar surface area (TPSA) is 65.4 Å². The normalized spacial score (nSPS) is 24.8. The highest BCUT2D eigenvalue weighted by Gasteiger charge is 2.59. The summed E-state index contributed by atoms with van der Waals surface area (Å²) in [7, 11) is 0. The van der Waals surface area contributed by atoms with Crippen LogP contribution in [0.4, 0.5) is 5.82 Å². The zero-order valence-corrected chi connectivity index (χ0v) is 26.0. The van der Waals surface area contributed by atoms with Crippen LogP contribution >= 0.6 is 23.8 Å². The molecule has 6 rings (SSSR count). The van der Waals surface area contributed by atoms with Crippen LogP contribution in [0, 0.1) is 12.3 Å². The molecule has 10 heteroatoms. The summed E-state index contributed by atoms with van der Waals surface area (Å²) in [6.07, 6.45) is 4.04. The van der Waals surface area contributed by atoms with Crippen molar-refractivity contribution in [2.24, 2.45) is 5.41 Å². The van der Waals surface area contributed by atoms with Crippen molar-refractivity contribution >= 4 is 45.7 Å². The van der Waals surface area contributed by atoms with Crippen molar-refractivity contribution in [3.05, 3.63) is 41.3 Å². The fourth-order valence-corrected chi connectivity index (χ4v) is 7.54. The summed E-state index contributed by atoms with van der Waals surface area (Å²) in [5, 5.41) is 15.1. The van der Waals surface area contributed by atoms with Crippen LogP contribution in [-0.2, 0) is 4.74 Å². The van der Waals surface area contributed by atoms with E-state index in [2.05, 4.69) is 56.9 Å². The maximum Gasteiger partial charge on any atom is 0.260 e. The van der Waals surface area contributed by atoms with Gasteiger partial charge in [-0.25, -0.2) is 0 Å². The number of benzene rings is 1. The lowest BCUT2D eigenvalue weighted by atomic mass is 9.56. The first-order valence-electron chi connectivity index (χ1n) is 14.2. The molecule has 1 aromatic carbocycles. The van der Waals surface area contributed by atoms with Crippen molar-refractivity contribution in [3.8, 4) is 11.1 Å². The highest BCUT2D eigenvalue weighted by molar-refractivity contribution is 7.80. The van der Waals surface area contributed by atoms with Crippen molar-refractivity contribution in [3.63, 3.8) is 0 Å². The molecule has 2 aromatic heterocycles. The highest BCUT2D eigenvalue weighted by Crippen LogP contribution is 2.59. The number of hydrogen-bond acceptors (Lipinski definition) is 6. The standard InChI is InChI=1S/C30H40ClN7OS/c1-18(2)35-10-12-36(13-11-35)27-25(26-22-16-32-33-24(22)9-8-23(26)31)19(3)38(34-27)21-14-30(15-21)17-37(20(30)4)28(40)39-29(5,6)7/h8-9,16,20-21H,1,10-15,17H2,2-7H3,(H,32,33). The first-order chi connectivity index (χ1) is 18.9. The van der Waals surface area contributed by atoms with Crippen molar-refractivity contribution in [1.29, 1.82) is 0 Å². The Kier molecular flexibility index (Phi) is 6.61. The van der Waals surface area contributed by atoms with E-state index in [4.69, 9.17) is 33.7 Å². The van der Waals surface area contributed by atoms with Crippen LogP contribution in [0.2, 0.25) is 5.02 Å². The molecule has 1 N–H and O–H groups in total. The molecule has 0 amide bonds. The van der Waals surface area contributed by atoms with E-state index in [1.807, 2.05) is 39.1 Å². The van der Waals surface area contributed by atoms with Crippen LogP contribution < -0.4 is 4.90 Å². The Balaban J connectivity index is 1.30. The second-order valence-electron chi connectivity index (χ2n) is 12.9. The van der Waals surface area contributed by atoms with Gasteiger partial charge in [0.1, 0.15) is 5.60 Å². The molecule has 4 heterocycles. The quantitative estimate of drug-likeness (QED) is 0.370. The largest absolute Gasteiger partial charge is 0.465 e. The van der Waals surface area contributed by atoms with Crippen LogP contribution in [0.3, 0.4) is 0 Å². The maximum absolute atomic E-state index is 6.92. The third kappa shape index (κ3) is 4.45. The van der Waals surface area contributed by atoms with Crippen molar-refractivity contribution in [2.45, 2.75) is 72.1 Å². The summed E-state index contributed by atoms with van der Waals surface area (Å²) in [6, 6.07) is 4.65. The number of H-pyrrole nitrogens is 1. The minimum atomic E-state index is -0.282. The second kappa shape index (κ2) is 9.65. The summed E-state index contributed by atoms with van der Waals surface area (Å²) in [6.45, 7) is 21.4. The molecule has 0 bridgehead atoms. The summed E-state index contributed by atoms with van der Waals surface area (Å²) in [4.78, 5) is 7.00. The SMILES string of the molecule is C=C(C)N1CCN(c2nn(C3CC4(C3)CN(C(=S)OC(C)(C)C)C4C)c(C)c2-c2c(Cl)ccc3[nH]ncc23)CC1. The number of likely N-dealkylation sites (tertiary alicyclic amines) is 1. The van der Waals surface area contributed by atoms with Gasteiger partial charge in [0.25, 0.3) is 5.17 Å². The second-order valence-corrected chi connectivity index (χ2v) is 13.7. The number of nitrogens with zero attached hydrogens (tertiary/aromatic N) is 6. The number of halogens is 1. The highest BCUT2D eigenvalue weighted by atomic mass is 35.5. The lowest BCUT2D eigenvalue weighted by molar-refractivity contribution is -0.119. The van der Waals surface area contributed by atoms with Crippen LogP contribution in [0.5, 0.6) is 0 Å². The number of nitrogens with one attached hydrogen (secondary N) is 1. The number of piperazine rings is 1. The summed E-state index contributed by atoms with van der Waals surface area (Å²) < 4.78 is 8.28. The average Bonchev–Trinajstić information content (AvgIpc) is 3.46. The predicted molar refractivity (Wildman–Crippen MR) is 166 cm³/mol. The van der Waals surface area contributed by atoms with Gasteiger partial charge >= 0.3 is 0 Å². The number of allylic oxidation sites excluding steroid dienone is 1.